The third-order valence-corrected chi connectivity index (χ3v) is 3.40. The van der Waals surface area contributed by atoms with Gasteiger partial charge in [0.05, 0.1) is 4.90 Å². The van der Waals surface area contributed by atoms with E-state index >= 15 is 0 Å². The van der Waals surface area contributed by atoms with Crippen molar-refractivity contribution in [2.45, 2.75) is 24.8 Å². The highest BCUT2D eigenvalue weighted by Crippen LogP contribution is 2.17. The molecule has 1 rings (SSSR count). The Labute approximate surface area is 100 Å². The molecule has 0 unspecified atom stereocenters. The SMILES string of the molecule is CC(C)NS(=O)(=O)c1cccc(OB(O)O)c1. The van der Waals surface area contributed by atoms with Crippen LogP contribution in [0.5, 0.6) is 5.75 Å². The lowest BCUT2D eigenvalue weighted by Crippen LogP contribution is -2.30. The Bertz CT molecular complexity index is 474. The monoisotopic (exact) mass is 259 g/mol. The van der Waals surface area contributed by atoms with Gasteiger partial charge in [0.1, 0.15) is 5.75 Å². The Morgan fingerprint density at radius 2 is 2.00 bits per heavy atom. The maximum Gasteiger partial charge on any atom is 0.707 e. The molecule has 1 aromatic rings. The van der Waals surface area contributed by atoms with Crippen LogP contribution in [0.4, 0.5) is 0 Å². The lowest BCUT2D eigenvalue weighted by atomic mass is 10.2. The third-order valence-electron chi connectivity index (χ3n) is 1.75. The van der Waals surface area contributed by atoms with Gasteiger partial charge in [0, 0.05) is 6.04 Å². The van der Waals surface area contributed by atoms with Crippen molar-refractivity contribution in [1.29, 1.82) is 0 Å². The van der Waals surface area contributed by atoms with E-state index < -0.39 is 17.3 Å². The average molecular weight is 259 g/mol. The van der Waals surface area contributed by atoms with Crippen molar-refractivity contribution < 1.29 is 23.1 Å². The molecule has 0 saturated heterocycles. The molecule has 0 aromatic heterocycles. The first kappa shape index (κ1) is 14.0. The van der Waals surface area contributed by atoms with Crippen LogP contribution in [-0.2, 0) is 10.0 Å². The molecule has 0 radical (unpaired) electrons. The minimum absolute atomic E-state index is 0.00403. The molecule has 94 valence electrons. The van der Waals surface area contributed by atoms with E-state index in [-0.39, 0.29) is 16.7 Å². The van der Waals surface area contributed by atoms with E-state index in [1.807, 2.05) is 0 Å². The summed E-state index contributed by atoms with van der Waals surface area (Å²) in [7, 11) is -5.59. The number of nitrogens with one attached hydrogen (secondary N) is 1. The van der Waals surface area contributed by atoms with Crippen LogP contribution < -0.4 is 9.38 Å². The Morgan fingerprint density at radius 1 is 1.35 bits per heavy atom. The van der Waals surface area contributed by atoms with Crippen molar-refractivity contribution in [2.24, 2.45) is 0 Å². The molecule has 6 nitrogen and oxygen atoms in total. The second kappa shape index (κ2) is 5.50. The zero-order valence-corrected chi connectivity index (χ0v) is 10.3. The highest BCUT2D eigenvalue weighted by atomic mass is 32.2. The van der Waals surface area contributed by atoms with Crippen LogP contribution in [0, 0.1) is 0 Å². The Morgan fingerprint density at radius 3 is 2.53 bits per heavy atom. The number of sulfonamides is 1. The van der Waals surface area contributed by atoms with E-state index in [1.54, 1.807) is 13.8 Å². The van der Waals surface area contributed by atoms with Crippen LogP contribution in [0.1, 0.15) is 13.8 Å². The molecule has 3 N–H and O–H groups in total. The number of hydrogen-bond donors (Lipinski definition) is 3. The van der Waals surface area contributed by atoms with Gasteiger partial charge in [0.15, 0.2) is 0 Å². The third kappa shape index (κ3) is 4.35. The van der Waals surface area contributed by atoms with Gasteiger partial charge in [0.2, 0.25) is 10.0 Å². The van der Waals surface area contributed by atoms with Crippen LogP contribution in [0.2, 0.25) is 0 Å². The molecule has 17 heavy (non-hydrogen) atoms. The summed E-state index contributed by atoms with van der Waals surface area (Å²) >= 11 is 0. The quantitative estimate of drug-likeness (QED) is 0.632. The van der Waals surface area contributed by atoms with Gasteiger partial charge in [0.25, 0.3) is 0 Å². The summed E-state index contributed by atoms with van der Waals surface area (Å²) in [6.07, 6.45) is 0. The van der Waals surface area contributed by atoms with Crippen LogP contribution in [0.3, 0.4) is 0 Å². The summed E-state index contributed by atoms with van der Waals surface area (Å²) in [5.74, 6) is 0.0617. The van der Waals surface area contributed by atoms with Crippen molar-refractivity contribution in [3.63, 3.8) is 0 Å². The fourth-order valence-electron chi connectivity index (χ4n) is 1.21. The molecule has 0 aliphatic heterocycles. The molecule has 0 saturated carbocycles. The average Bonchev–Trinajstić information content (AvgIpc) is 2.15. The minimum atomic E-state index is -3.61. The van der Waals surface area contributed by atoms with Crippen molar-refractivity contribution in [2.75, 3.05) is 0 Å². The Kier molecular flexibility index (Phi) is 4.52. The maximum atomic E-state index is 11.8. The number of benzene rings is 1. The Balaban J connectivity index is 2.99. The van der Waals surface area contributed by atoms with Crippen molar-refractivity contribution in [3.05, 3.63) is 24.3 Å². The van der Waals surface area contributed by atoms with Gasteiger partial charge >= 0.3 is 7.32 Å². The normalized spacial score (nSPS) is 11.6. The maximum absolute atomic E-state index is 11.8. The molecule has 0 spiro atoms. The molecule has 0 aliphatic rings. The van der Waals surface area contributed by atoms with Gasteiger partial charge in [-0.25, -0.2) is 13.1 Å². The van der Waals surface area contributed by atoms with Crippen molar-refractivity contribution in [1.82, 2.24) is 4.72 Å². The first-order valence-corrected chi connectivity index (χ1v) is 6.45. The molecule has 0 amide bonds. The van der Waals surface area contributed by atoms with Gasteiger partial charge < -0.3 is 14.7 Å². The van der Waals surface area contributed by atoms with Crippen LogP contribution >= 0.6 is 0 Å². The van der Waals surface area contributed by atoms with Gasteiger partial charge in [-0.3, -0.25) is 0 Å². The van der Waals surface area contributed by atoms with Crippen molar-refractivity contribution >= 4 is 17.3 Å². The fourth-order valence-corrected chi connectivity index (χ4v) is 2.50. The molecule has 0 atom stereocenters. The number of rotatable bonds is 5. The van der Waals surface area contributed by atoms with Crippen LogP contribution in [-0.4, -0.2) is 31.8 Å². The summed E-state index contributed by atoms with van der Waals surface area (Å²) in [5, 5.41) is 17.2. The molecule has 0 aliphatic carbocycles. The molecular weight excluding hydrogens is 245 g/mol. The molecular formula is C9H14BNO5S. The highest BCUT2D eigenvalue weighted by molar-refractivity contribution is 7.89. The molecule has 0 heterocycles. The molecule has 8 heteroatoms. The second-order valence-electron chi connectivity index (χ2n) is 3.69. The second-order valence-corrected chi connectivity index (χ2v) is 5.41. The zero-order valence-electron chi connectivity index (χ0n) is 9.49. The van der Waals surface area contributed by atoms with Crippen LogP contribution in [0.15, 0.2) is 29.2 Å². The standard InChI is InChI=1S/C9H14BNO5S/c1-7(2)11-17(14,15)9-5-3-4-8(6-9)16-10(12)13/h3-7,11-13H,1-2H3. The number of hydrogen-bond acceptors (Lipinski definition) is 5. The Hall–Kier alpha value is -1.09. The molecule has 0 bridgehead atoms. The van der Waals surface area contributed by atoms with Gasteiger partial charge in [-0.2, -0.15) is 0 Å². The van der Waals surface area contributed by atoms with E-state index in [2.05, 4.69) is 9.38 Å². The lowest BCUT2D eigenvalue weighted by Gasteiger charge is -2.11. The predicted octanol–water partition coefficient (Wildman–Crippen LogP) is -0.278. The summed E-state index contributed by atoms with van der Waals surface area (Å²) in [5.41, 5.74) is 0. The smallest absolute Gasteiger partial charge is 0.512 e. The van der Waals surface area contributed by atoms with Crippen LogP contribution in [0.25, 0.3) is 0 Å². The largest absolute Gasteiger partial charge is 0.707 e. The lowest BCUT2D eigenvalue weighted by molar-refractivity contribution is 0.288. The first-order chi connectivity index (χ1) is 7.81. The van der Waals surface area contributed by atoms with E-state index in [4.69, 9.17) is 10.0 Å². The fraction of sp³-hybridized carbons (Fsp3) is 0.333. The van der Waals surface area contributed by atoms with E-state index in [0.717, 1.165) is 0 Å². The predicted molar refractivity (Wildman–Crippen MR) is 62.7 cm³/mol. The van der Waals surface area contributed by atoms with E-state index in [0.29, 0.717) is 0 Å². The summed E-state index contributed by atoms with van der Waals surface area (Å²) in [6.45, 7) is 3.41. The highest BCUT2D eigenvalue weighted by Gasteiger charge is 2.17. The minimum Gasteiger partial charge on any atom is -0.512 e. The van der Waals surface area contributed by atoms with E-state index in [9.17, 15) is 8.42 Å². The van der Waals surface area contributed by atoms with Gasteiger partial charge in [-0.1, -0.05) is 6.07 Å². The van der Waals surface area contributed by atoms with Gasteiger partial charge in [-0.05, 0) is 32.0 Å². The first-order valence-electron chi connectivity index (χ1n) is 4.96. The van der Waals surface area contributed by atoms with Crippen molar-refractivity contribution in [3.8, 4) is 5.75 Å². The molecule has 1 aromatic carbocycles. The summed E-state index contributed by atoms with van der Waals surface area (Å²) in [6, 6.07) is 5.25. The summed E-state index contributed by atoms with van der Waals surface area (Å²) < 4.78 is 30.6. The summed E-state index contributed by atoms with van der Waals surface area (Å²) in [4.78, 5) is 0.00403. The van der Waals surface area contributed by atoms with Gasteiger partial charge in [-0.15, -0.1) is 0 Å². The van der Waals surface area contributed by atoms with E-state index in [1.165, 1.54) is 24.3 Å². The topological polar surface area (TPSA) is 95.9 Å². The molecule has 0 fully saturated rings. The zero-order chi connectivity index (χ0) is 13.1.